The zero-order chi connectivity index (χ0) is 14.9. The first kappa shape index (κ1) is 15.8. The summed E-state index contributed by atoms with van der Waals surface area (Å²) in [5.41, 5.74) is 4.01. The molecule has 1 atom stereocenters. The van der Waals surface area contributed by atoms with E-state index in [4.69, 9.17) is 23.2 Å². The van der Waals surface area contributed by atoms with Crippen molar-refractivity contribution in [2.45, 2.75) is 26.4 Å². The molecule has 0 aliphatic heterocycles. The molecule has 106 valence electrons. The second kappa shape index (κ2) is 6.48. The second-order valence-corrected chi connectivity index (χ2v) is 6.56. The molecule has 0 aliphatic rings. The summed E-state index contributed by atoms with van der Waals surface area (Å²) in [6.07, 6.45) is -0.115. The number of aryl methyl sites for hydroxylation is 2. The van der Waals surface area contributed by atoms with E-state index in [9.17, 15) is 5.11 Å². The molecule has 0 amide bonds. The Morgan fingerprint density at radius 1 is 1.10 bits per heavy atom. The molecule has 0 saturated carbocycles. The van der Waals surface area contributed by atoms with Crippen LogP contribution in [0.3, 0.4) is 0 Å². The van der Waals surface area contributed by atoms with Crippen LogP contribution in [0.1, 0.15) is 28.4 Å². The van der Waals surface area contributed by atoms with Crippen molar-refractivity contribution in [2.75, 3.05) is 0 Å². The van der Waals surface area contributed by atoms with Gasteiger partial charge in [-0.15, -0.1) is 0 Å². The first-order valence-electron chi connectivity index (χ1n) is 6.27. The molecule has 0 radical (unpaired) electrons. The summed E-state index contributed by atoms with van der Waals surface area (Å²) in [6.45, 7) is 4.03. The Bertz CT molecular complexity index is 617. The molecule has 0 fully saturated rings. The van der Waals surface area contributed by atoms with Crippen molar-refractivity contribution in [3.8, 4) is 0 Å². The molecule has 0 bridgehead atoms. The lowest BCUT2D eigenvalue weighted by atomic mass is 9.98. The Hall–Kier alpha value is -0.540. The molecule has 4 heteroatoms. The van der Waals surface area contributed by atoms with Gasteiger partial charge in [0.1, 0.15) is 0 Å². The fourth-order valence-corrected chi connectivity index (χ4v) is 2.90. The van der Waals surface area contributed by atoms with E-state index in [0.29, 0.717) is 16.5 Å². The SMILES string of the molecule is Cc1cc(C(O)Cc2ccc(Cl)cc2Cl)cc(C)c1Br. The molecular formula is C16H15BrCl2O. The Labute approximate surface area is 137 Å². The molecule has 0 heterocycles. The van der Waals surface area contributed by atoms with Crippen LogP contribution in [0, 0.1) is 13.8 Å². The molecule has 2 aromatic rings. The summed E-state index contributed by atoms with van der Waals surface area (Å²) >= 11 is 15.6. The molecule has 20 heavy (non-hydrogen) atoms. The molecule has 1 unspecified atom stereocenters. The zero-order valence-corrected chi connectivity index (χ0v) is 14.4. The third-order valence-electron chi connectivity index (χ3n) is 3.27. The predicted octanol–water partition coefficient (Wildman–Crippen LogP) is 5.65. The van der Waals surface area contributed by atoms with E-state index in [1.54, 1.807) is 12.1 Å². The van der Waals surface area contributed by atoms with Gasteiger partial charge in [0.15, 0.2) is 0 Å². The maximum Gasteiger partial charge on any atom is 0.0831 e. The van der Waals surface area contributed by atoms with Crippen LogP contribution < -0.4 is 0 Å². The number of hydrogen-bond acceptors (Lipinski definition) is 1. The maximum absolute atomic E-state index is 10.4. The molecule has 0 saturated heterocycles. The van der Waals surface area contributed by atoms with Crippen LogP contribution >= 0.6 is 39.1 Å². The van der Waals surface area contributed by atoms with Gasteiger partial charge in [-0.2, -0.15) is 0 Å². The van der Waals surface area contributed by atoms with Gasteiger partial charge in [0.05, 0.1) is 6.10 Å². The Morgan fingerprint density at radius 3 is 2.25 bits per heavy atom. The summed E-state index contributed by atoms with van der Waals surface area (Å²) < 4.78 is 1.08. The predicted molar refractivity (Wildman–Crippen MR) is 88.7 cm³/mol. The van der Waals surface area contributed by atoms with Crippen molar-refractivity contribution in [3.63, 3.8) is 0 Å². The van der Waals surface area contributed by atoms with Crippen LogP contribution in [0.4, 0.5) is 0 Å². The van der Waals surface area contributed by atoms with E-state index in [1.807, 2.05) is 32.0 Å². The fourth-order valence-electron chi connectivity index (χ4n) is 2.19. The molecular weight excluding hydrogens is 359 g/mol. The van der Waals surface area contributed by atoms with Gasteiger partial charge >= 0.3 is 0 Å². The van der Waals surface area contributed by atoms with Gasteiger partial charge in [-0.25, -0.2) is 0 Å². The zero-order valence-electron chi connectivity index (χ0n) is 11.3. The molecule has 0 spiro atoms. The third kappa shape index (κ3) is 3.56. The van der Waals surface area contributed by atoms with E-state index in [2.05, 4.69) is 15.9 Å². The van der Waals surface area contributed by atoms with Crippen LogP contribution in [0.2, 0.25) is 10.0 Å². The number of rotatable bonds is 3. The van der Waals surface area contributed by atoms with Crippen molar-refractivity contribution in [2.24, 2.45) is 0 Å². The van der Waals surface area contributed by atoms with Crippen LogP contribution in [-0.4, -0.2) is 5.11 Å². The monoisotopic (exact) mass is 372 g/mol. The number of halogens is 3. The Balaban J connectivity index is 2.26. The fraction of sp³-hybridized carbons (Fsp3) is 0.250. The van der Waals surface area contributed by atoms with Crippen LogP contribution in [0.25, 0.3) is 0 Å². The van der Waals surface area contributed by atoms with E-state index in [-0.39, 0.29) is 0 Å². The quantitative estimate of drug-likeness (QED) is 0.736. The lowest BCUT2D eigenvalue weighted by Gasteiger charge is -2.15. The lowest BCUT2D eigenvalue weighted by Crippen LogP contribution is -2.03. The summed E-state index contributed by atoms with van der Waals surface area (Å²) in [7, 11) is 0. The highest BCUT2D eigenvalue weighted by Crippen LogP contribution is 2.29. The van der Waals surface area contributed by atoms with Crippen LogP contribution in [0.5, 0.6) is 0 Å². The third-order valence-corrected chi connectivity index (χ3v) is 5.11. The van der Waals surface area contributed by atoms with Crippen molar-refractivity contribution in [1.29, 1.82) is 0 Å². The van der Waals surface area contributed by atoms with Crippen molar-refractivity contribution < 1.29 is 5.11 Å². The first-order chi connectivity index (χ1) is 9.38. The van der Waals surface area contributed by atoms with Crippen molar-refractivity contribution in [3.05, 3.63) is 67.1 Å². The maximum atomic E-state index is 10.4. The highest BCUT2D eigenvalue weighted by atomic mass is 79.9. The van der Waals surface area contributed by atoms with Gasteiger partial charge in [-0.1, -0.05) is 57.3 Å². The molecule has 2 aromatic carbocycles. The lowest BCUT2D eigenvalue weighted by molar-refractivity contribution is 0.178. The van der Waals surface area contributed by atoms with Gasteiger partial charge < -0.3 is 5.11 Å². The Kier molecular flexibility index (Phi) is 5.14. The molecule has 1 nitrogen and oxygen atoms in total. The van der Waals surface area contributed by atoms with Gasteiger partial charge in [-0.05, 0) is 48.2 Å². The van der Waals surface area contributed by atoms with Crippen molar-refractivity contribution >= 4 is 39.1 Å². The largest absolute Gasteiger partial charge is 0.388 e. The minimum absolute atomic E-state index is 0.469. The second-order valence-electron chi connectivity index (χ2n) is 4.92. The first-order valence-corrected chi connectivity index (χ1v) is 7.82. The standard InChI is InChI=1S/C16H15BrCl2O/c1-9-5-12(6-10(2)16(9)17)15(20)7-11-3-4-13(18)8-14(11)19/h3-6,8,15,20H,7H2,1-2H3. The van der Waals surface area contributed by atoms with E-state index >= 15 is 0 Å². The summed E-state index contributed by atoms with van der Waals surface area (Å²) in [6, 6.07) is 9.32. The topological polar surface area (TPSA) is 20.2 Å². The van der Waals surface area contributed by atoms with E-state index in [0.717, 1.165) is 26.7 Å². The number of aliphatic hydroxyl groups excluding tert-OH is 1. The summed E-state index contributed by atoms with van der Waals surface area (Å²) in [4.78, 5) is 0. The molecule has 0 aromatic heterocycles. The average molecular weight is 374 g/mol. The van der Waals surface area contributed by atoms with Crippen molar-refractivity contribution in [1.82, 2.24) is 0 Å². The van der Waals surface area contributed by atoms with Gasteiger partial charge in [-0.3, -0.25) is 0 Å². The van der Waals surface area contributed by atoms with Crippen LogP contribution in [0.15, 0.2) is 34.8 Å². The number of hydrogen-bond donors (Lipinski definition) is 1. The Morgan fingerprint density at radius 2 is 1.70 bits per heavy atom. The minimum atomic E-state index is -0.584. The smallest absolute Gasteiger partial charge is 0.0831 e. The number of benzene rings is 2. The normalized spacial score (nSPS) is 12.5. The highest BCUT2D eigenvalue weighted by molar-refractivity contribution is 9.10. The van der Waals surface area contributed by atoms with E-state index in [1.165, 1.54) is 0 Å². The van der Waals surface area contributed by atoms with E-state index < -0.39 is 6.10 Å². The number of aliphatic hydroxyl groups is 1. The van der Waals surface area contributed by atoms with Gasteiger partial charge in [0, 0.05) is 20.9 Å². The van der Waals surface area contributed by atoms with Gasteiger partial charge in [0.25, 0.3) is 0 Å². The van der Waals surface area contributed by atoms with Crippen LogP contribution in [-0.2, 0) is 6.42 Å². The summed E-state index contributed by atoms with van der Waals surface area (Å²) in [5, 5.41) is 11.6. The minimum Gasteiger partial charge on any atom is -0.388 e. The average Bonchev–Trinajstić information content (AvgIpc) is 2.38. The molecule has 2 rings (SSSR count). The molecule has 0 aliphatic carbocycles. The highest BCUT2D eigenvalue weighted by Gasteiger charge is 2.13. The molecule has 1 N–H and O–H groups in total. The summed E-state index contributed by atoms with van der Waals surface area (Å²) in [5.74, 6) is 0. The van der Waals surface area contributed by atoms with Gasteiger partial charge in [0.2, 0.25) is 0 Å².